The Morgan fingerprint density at radius 3 is 2.00 bits per heavy atom. The molecule has 0 unspecified atom stereocenters. The molecule has 0 atom stereocenters. The van der Waals surface area contributed by atoms with E-state index in [-0.39, 0.29) is 5.91 Å². The maximum atomic E-state index is 12.6. The van der Waals surface area contributed by atoms with Gasteiger partial charge in [-0.1, -0.05) is 13.8 Å². The van der Waals surface area contributed by atoms with E-state index in [9.17, 15) is 4.79 Å². The van der Waals surface area contributed by atoms with Crippen LogP contribution in [0.3, 0.4) is 0 Å². The van der Waals surface area contributed by atoms with Gasteiger partial charge >= 0.3 is 0 Å². The van der Waals surface area contributed by atoms with Crippen molar-refractivity contribution in [1.29, 1.82) is 0 Å². The van der Waals surface area contributed by atoms with Crippen molar-refractivity contribution >= 4 is 5.91 Å². The van der Waals surface area contributed by atoms with Crippen molar-refractivity contribution in [1.82, 2.24) is 9.80 Å². The number of nitrogens with zero attached hydrogens (tertiary/aromatic N) is 2. The standard InChI is InChI=1S/C19H30N2O4/c1-14(2)13-20-6-8-21(9-7-20)18(22)12-15-10-16(23-3)19(25-5)17(11-15)24-4/h10-11,14H,6-9,12-13H2,1-5H3. The summed E-state index contributed by atoms with van der Waals surface area (Å²) in [6.45, 7) is 9.00. The van der Waals surface area contributed by atoms with E-state index >= 15 is 0 Å². The van der Waals surface area contributed by atoms with Crippen molar-refractivity contribution in [3.63, 3.8) is 0 Å². The smallest absolute Gasteiger partial charge is 0.227 e. The van der Waals surface area contributed by atoms with Crippen LogP contribution in [0.1, 0.15) is 19.4 Å². The van der Waals surface area contributed by atoms with Gasteiger partial charge in [-0.15, -0.1) is 0 Å². The van der Waals surface area contributed by atoms with Gasteiger partial charge < -0.3 is 19.1 Å². The van der Waals surface area contributed by atoms with Crippen LogP contribution >= 0.6 is 0 Å². The first kappa shape index (κ1) is 19.4. The molecule has 140 valence electrons. The van der Waals surface area contributed by atoms with Gasteiger partial charge in [-0.2, -0.15) is 0 Å². The fourth-order valence-electron chi connectivity index (χ4n) is 3.22. The highest BCUT2D eigenvalue weighted by molar-refractivity contribution is 5.79. The molecule has 1 heterocycles. The fourth-order valence-corrected chi connectivity index (χ4v) is 3.22. The lowest BCUT2D eigenvalue weighted by Gasteiger charge is -2.35. The Bertz CT molecular complexity index is 556. The first-order valence-corrected chi connectivity index (χ1v) is 8.77. The molecule has 1 aromatic carbocycles. The van der Waals surface area contributed by atoms with E-state index in [1.54, 1.807) is 21.3 Å². The van der Waals surface area contributed by atoms with E-state index in [2.05, 4.69) is 18.7 Å². The topological polar surface area (TPSA) is 51.2 Å². The zero-order valence-electron chi connectivity index (χ0n) is 16.0. The number of ether oxygens (including phenoxy) is 3. The zero-order chi connectivity index (χ0) is 18.4. The summed E-state index contributed by atoms with van der Waals surface area (Å²) in [5.74, 6) is 2.49. The minimum atomic E-state index is 0.137. The Hall–Kier alpha value is -1.95. The number of methoxy groups -OCH3 is 3. The Balaban J connectivity index is 2.01. The minimum absolute atomic E-state index is 0.137. The number of benzene rings is 1. The average molecular weight is 350 g/mol. The molecule has 25 heavy (non-hydrogen) atoms. The number of piperazine rings is 1. The summed E-state index contributed by atoms with van der Waals surface area (Å²) >= 11 is 0. The van der Waals surface area contributed by atoms with Crippen LogP contribution < -0.4 is 14.2 Å². The van der Waals surface area contributed by atoms with Crippen LogP contribution in [0.25, 0.3) is 0 Å². The summed E-state index contributed by atoms with van der Waals surface area (Å²) in [5.41, 5.74) is 0.865. The number of hydrogen-bond donors (Lipinski definition) is 0. The highest BCUT2D eigenvalue weighted by atomic mass is 16.5. The monoisotopic (exact) mass is 350 g/mol. The van der Waals surface area contributed by atoms with E-state index in [0.29, 0.717) is 29.6 Å². The summed E-state index contributed by atoms with van der Waals surface area (Å²) in [6.07, 6.45) is 0.334. The normalized spacial score (nSPS) is 15.4. The summed E-state index contributed by atoms with van der Waals surface area (Å²) in [4.78, 5) is 17.0. The molecular formula is C19H30N2O4. The Morgan fingerprint density at radius 1 is 1.00 bits per heavy atom. The van der Waals surface area contributed by atoms with Crippen molar-refractivity contribution in [2.45, 2.75) is 20.3 Å². The third kappa shape index (κ3) is 5.01. The lowest BCUT2D eigenvalue weighted by molar-refractivity contribution is -0.132. The van der Waals surface area contributed by atoms with Crippen molar-refractivity contribution in [2.24, 2.45) is 5.92 Å². The number of amides is 1. The van der Waals surface area contributed by atoms with Crippen molar-refractivity contribution in [2.75, 3.05) is 54.1 Å². The van der Waals surface area contributed by atoms with Crippen LogP contribution in [0.5, 0.6) is 17.2 Å². The van der Waals surface area contributed by atoms with Gasteiger partial charge in [0, 0.05) is 32.7 Å². The van der Waals surface area contributed by atoms with Gasteiger partial charge in [-0.25, -0.2) is 0 Å². The maximum absolute atomic E-state index is 12.6. The average Bonchev–Trinajstić information content (AvgIpc) is 2.60. The quantitative estimate of drug-likeness (QED) is 0.753. The minimum Gasteiger partial charge on any atom is -0.493 e. The van der Waals surface area contributed by atoms with Gasteiger partial charge in [-0.3, -0.25) is 9.69 Å². The molecule has 0 spiro atoms. The highest BCUT2D eigenvalue weighted by Crippen LogP contribution is 2.38. The van der Waals surface area contributed by atoms with Gasteiger partial charge in [0.15, 0.2) is 11.5 Å². The summed E-state index contributed by atoms with van der Waals surface area (Å²) in [6, 6.07) is 3.68. The van der Waals surface area contributed by atoms with Crippen LogP contribution in [0.4, 0.5) is 0 Å². The molecule has 1 amide bonds. The van der Waals surface area contributed by atoms with Crippen molar-refractivity contribution < 1.29 is 19.0 Å². The van der Waals surface area contributed by atoms with E-state index in [0.717, 1.165) is 38.3 Å². The lowest BCUT2D eigenvalue weighted by Crippen LogP contribution is -2.49. The second kappa shape index (κ2) is 8.94. The van der Waals surface area contributed by atoms with Crippen LogP contribution in [0, 0.1) is 5.92 Å². The highest BCUT2D eigenvalue weighted by Gasteiger charge is 2.22. The molecule has 6 nitrogen and oxygen atoms in total. The molecule has 1 saturated heterocycles. The van der Waals surface area contributed by atoms with Gasteiger partial charge in [0.2, 0.25) is 11.7 Å². The molecule has 6 heteroatoms. The van der Waals surface area contributed by atoms with Crippen LogP contribution in [0.2, 0.25) is 0 Å². The predicted molar refractivity (Wildman–Crippen MR) is 97.7 cm³/mol. The SMILES string of the molecule is COc1cc(CC(=O)N2CCN(CC(C)C)CC2)cc(OC)c1OC. The molecular weight excluding hydrogens is 320 g/mol. The number of rotatable bonds is 7. The first-order valence-electron chi connectivity index (χ1n) is 8.77. The molecule has 0 aromatic heterocycles. The van der Waals surface area contributed by atoms with E-state index in [1.807, 2.05) is 17.0 Å². The maximum Gasteiger partial charge on any atom is 0.227 e. The fraction of sp³-hybridized carbons (Fsp3) is 0.632. The molecule has 0 bridgehead atoms. The van der Waals surface area contributed by atoms with Gasteiger partial charge in [0.05, 0.1) is 27.8 Å². The third-order valence-corrected chi connectivity index (χ3v) is 4.43. The molecule has 0 radical (unpaired) electrons. The number of hydrogen-bond acceptors (Lipinski definition) is 5. The summed E-state index contributed by atoms with van der Waals surface area (Å²) in [7, 11) is 4.73. The van der Waals surface area contributed by atoms with Crippen molar-refractivity contribution in [3.8, 4) is 17.2 Å². The van der Waals surface area contributed by atoms with Crippen LogP contribution in [-0.4, -0.2) is 69.8 Å². The number of carbonyl (C=O) groups is 1. The van der Waals surface area contributed by atoms with Crippen LogP contribution in [-0.2, 0) is 11.2 Å². The van der Waals surface area contributed by atoms with E-state index < -0.39 is 0 Å². The summed E-state index contributed by atoms with van der Waals surface area (Å²) < 4.78 is 16.0. The van der Waals surface area contributed by atoms with E-state index in [4.69, 9.17) is 14.2 Å². The van der Waals surface area contributed by atoms with Crippen LogP contribution in [0.15, 0.2) is 12.1 Å². The molecule has 1 aliphatic heterocycles. The van der Waals surface area contributed by atoms with Gasteiger partial charge in [-0.05, 0) is 23.6 Å². The zero-order valence-corrected chi connectivity index (χ0v) is 16.0. The Labute approximate surface area is 150 Å². The molecule has 1 aromatic rings. The molecule has 1 fully saturated rings. The molecule has 0 N–H and O–H groups in total. The van der Waals surface area contributed by atoms with E-state index in [1.165, 1.54) is 0 Å². The molecule has 0 aliphatic carbocycles. The lowest BCUT2D eigenvalue weighted by atomic mass is 10.1. The largest absolute Gasteiger partial charge is 0.493 e. The Kier molecular flexibility index (Phi) is 6.93. The summed E-state index contributed by atoms with van der Waals surface area (Å²) in [5, 5.41) is 0. The first-order chi connectivity index (χ1) is 12.0. The second-order valence-corrected chi connectivity index (χ2v) is 6.79. The van der Waals surface area contributed by atoms with Crippen molar-refractivity contribution in [3.05, 3.63) is 17.7 Å². The second-order valence-electron chi connectivity index (χ2n) is 6.79. The molecule has 0 saturated carbocycles. The third-order valence-electron chi connectivity index (χ3n) is 4.43. The Morgan fingerprint density at radius 2 is 1.56 bits per heavy atom. The van der Waals surface area contributed by atoms with Gasteiger partial charge in [0.1, 0.15) is 0 Å². The molecule has 2 rings (SSSR count). The predicted octanol–water partition coefficient (Wildman–Crippen LogP) is 2.06. The van der Waals surface area contributed by atoms with Gasteiger partial charge in [0.25, 0.3) is 0 Å². The molecule has 1 aliphatic rings. The number of carbonyl (C=O) groups excluding carboxylic acids is 1.